The van der Waals surface area contributed by atoms with E-state index < -0.39 is 0 Å². The summed E-state index contributed by atoms with van der Waals surface area (Å²) in [5.74, 6) is -0.0682. The molecule has 0 saturated carbocycles. The molecule has 0 unspecified atom stereocenters. The minimum absolute atomic E-state index is 0.0189. The first-order valence-corrected chi connectivity index (χ1v) is 11.0. The van der Waals surface area contributed by atoms with Gasteiger partial charge in [-0.25, -0.2) is 0 Å². The Balaban J connectivity index is 2.90. The topological polar surface area (TPSA) is 51.2 Å². The molecule has 1 aromatic carbocycles. The van der Waals surface area contributed by atoms with Gasteiger partial charge in [-0.3, -0.25) is 14.4 Å². The van der Waals surface area contributed by atoms with Gasteiger partial charge in [0.2, 0.25) is 0 Å². The number of alkyl halides is 1. The lowest BCUT2D eigenvalue weighted by Crippen LogP contribution is -2.09. The first kappa shape index (κ1) is 22.8. The molecule has 26 heavy (non-hydrogen) atoms. The highest BCUT2D eigenvalue weighted by Crippen LogP contribution is 2.18. The molecule has 1 aromatic rings. The van der Waals surface area contributed by atoms with Crippen LogP contribution < -0.4 is 0 Å². The van der Waals surface area contributed by atoms with E-state index in [1.165, 1.54) is 0 Å². The number of unbranched alkanes of at least 4 members (excludes halogenated alkanes) is 6. The molecular formula is C22H31BrO3. The average molecular weight is 423 g/mol. The number of hydrogen-bond donors (Lipinski definition) is 0. The van der Waals surface area contributed by atoms with E-state index in [0.717, 1.165) is 51.4 Å². The Hall–Kier alpha value is -1.29. The molecular weight excluding hydrogens is 392 g/mol. The maximum Gasteiger partial charge on any atom is 0.173 e. The standard InChI is InChI=1S/C22H31BrO3/c1-3-5-7-9-11-20(24)17-13-18(15-19(14-17)22(26)16-23)21(25)12-10-8-6-4-2/h13-15H,3-12,16H2,1-2H3. The molecule has 0 bridgehead atoms. The molecule has 3 nitrogen and oxygen atoms in total. The SMILES string of the molecule is CCCCCCC(=O)c1cc(C(=O)CBr)cc(C(=O)CCCCCC)c1. The highest BCUT2D eigenvalue weighted by Gasteiger charge is 2.15. The van der Waals surface area contributed by atoms with Gasteiger partial charge in [0, 0.05) is 29.5 Å². The van der Waals surface area contributed by atoms with E-state index in [9.17, 15) is 14.4 Å². The first-order valence-electron chi connectivity index (χ1n) is 9.84. The van der Waals surface area contributed by atoms with Crippen LogP contribution in [0.3, 0.4) is 0 Å². The summed E-state index contributed by atoms with van der Waals surface area (Å²) < 4.78 is 0. The zero-order valence-electron chi connectivity index (χ0n) is 16.1. The molecule has 4 heteroatoms. The number of carbonyl (C=O) groups is 3. The second-order valence-electron chi connectivity index (χ2n) is 6.82. The molecule has 0 spiro atoms. The van der Waals surface area contributed by atoms with Gasteiger partial charge in [-0.2, -0.15) is 0 Å². The second-order valence-corrected chi connectivity index (χ2v) is 7.38. The molecule has 0 aromatic heterocycles. The normalized spacial score (nSPS) is 10.7. The number of rotatable bonds is 14. The van der Waals surface area contributed by atoms with Crippen molar-refractivity contribution < 1.29 is 14.4 Å². The average Bonchev–Trinajstić information content (AvgIpc) is 2.67. The first-order chi connectivity index (χ1) is 12.5. The largest absolute Gasteiger partial charge is 0.294 e. The summed E-state index contributed by atoms with van der Waals surface area (Å²) in [4.78, 5) is 37.1. The van der Waals surface area contributed by atoms with E-state index in [-0.39, 0.29) is 22.7 Å². The van der Waals surface area contributed by atoms with Crippen LogP contribution in [0.1, 0.15) is 109 Å². The van der Waals surface area contributed by atoms with Crippen LogP contribution in [0.5, 0.6) is 0 Å². The Morgan fingerprint density at radius 1 is 0.654 bits per heavy atom. The second kappa shape index (κ2) is 13.0. The van der Waals surface area contributed by atoms with Gasteiger partial charge in [-0.1, -0.05) is 68.3 Å². The molecule has 0 aliphatic rings. The molecule has 0 aliphatic heterocycles. The Bertz CT molecular complexity index is 565. The number of carbonyl (C=O) groups excluding carboxylic acids is 3. The summed E-state index contributed by atoms with van der Waals surface area (Å²) in [5.41, 5.74) is 1.42. The molecule has 0 fully saturated rings. The lowest BCUT2D eigenvalue weighted by atomic mass is 9.95. The van der Waals surface area contributed by atoms with E-state index in [4.69, 9.17) is 0 Å². The predicted molar refractivity (Wildman–Crippen MR) is 111 cm³/mol. The van der Waals surface area contributed by atoms with Crippen LogP contribution in [0, 0.1) is 0 Å². The Morgan fingerprint density at radius 2 is 1.04 bits per heavy atom. The zero-order valence-corrected chi connectivity index (χ0v) is 17.7. The van der Waals surface area contributed by atoms with Crippen LogP contribution >= 0.6 is 15.9 Å². The van der Waals surface area contributed by atoms with Crippen molar-refractivity contribution in [2.75, 3.05) is 5.33 Å². The highest BCUT2D eigenvalue weighted by atomic mass is 79.9. The summed E-state index contributed by atoms with van der Waals surface area (Å²) in [6.45, 7) is 4.27. The van der Waals surface area contributed by atoms with Gasteiger partial charge in [0.1, 0.15) is 0 Å². The summed E-state index contributed by atoms with van der Waals surface area (Å²) in [6.07, 6.45) is 9.20. The summed E-state index contributed by atoms with van der Waals surface area (Å²) in [5, 5.41) is 0.186. The van der Waals surface area contributed by atoms with Crippen LogP contribution in [0.25, 0.3) is 0 Å². The summed E-state index contributed by atoms with van der Waals surface area (Å²) >= 11 is 3.17. The predicted octanol–water partition coefficient (Wildman–Crippen LogP) is 6.57. The van der Waals surface area contributed by atoms with Crippen molar-refractivity contribution in [2.45, 2.75) is 78.1 Å². The van der Waals surface area contributed by atoms with Crippen molar-refractivity contribution in [1.82, 2.24) is 0 Å². The quantitative estimate of drug-likeness (QED) is 0.193. The lowest BCUT2D eigenvalue weighted by molar-refractivity contribution is 0.0978. The minimum Gasteiger partial charge on any atom is -0.294 e. The maximum absolute atomic E-state index is 12.5. The minimum atomic E-state index is -0.106. The molecule has 1 rings (SSSR count). The van der Waals surface area contributed by atoms with Crippen molar-refractivity contribution in [3.8, 4) is 0 Å². The molecule has 0 radical (unpaired) electrons. The monoisotopic (exact) mass is 422 g/mol. The third-order valence-electron chi connectivity index (χ3n) is 4.54. The molecule has 0 atom stereocenters. The molecule has 0 heterocycles. The number of benzene rings is 1. The highest BCUT2D eigenvalue weighted by molar-refractivity contribution is 9.09. The van der Waals surface area contributed by atoms with Gasteiger partial charge >= 0.3 is 0 Å². The van der Waals surface area contributed by atoms with Crippen molar-refractivity contribution in [3.05, 3.63) is 34.9 Å². The number of ketones is 3. The Morgan fingerprint density at radius 3 is 1.38 bits per heavy atom. The van der Waals surface area contributed by atoms with Crippen LogP contribution in [0.15, 0.2) is 18.2 Å². The van der Waals surface area contributed by atoms with Gasteiger partial charge in [-0.05, 0) is 31.0 Å². The van der Waals surface area contributed by atoms with E-state index >= 15 is 0 Å². The molecule has 0 N–H and O–H groups in total. The molecule has 144 valence electrons. The number of hydrogen-bond acceptors (Lipinski definition) is 3. The van der Waals surface area contributed by atoms with Crippen LogP contribution in [-0.4, -0.2) is 22.7 Å². The smallest absolute Gasteiger partial charge is 0.173 e. The van der Waals surface area contributed by atoms with Crippen LogP contribution in [0.4, 0.5) is 0 Å². The summed E-state index contributed by atoms with van der Waals surface area (Å²) in [6, 6.07) is 4.95. The van der Waals surface area contributed by atoms with Crippen molar-refractivity contribution in [2.24, 2.45) is 0 Å². The molecule has 0 saturated heterocycles. The fraction of sp³-hybridized carbons (Fsp3) is 0.591. The fourth-order valence-electron chi connectivity index (χ4n) is 2.90. The molecule has 0 aliphatic carbocycles. The third-order valence-corrected chi connectivity index (χ3v) is 5.04. The van der Waals surface area contributed by atoms with Gasteiger partial charge in [0.15, 0.2) is 17.3 Å². The fourth-order valence-corrected chi connectivity index (χ4v) is 3.22. The Kier molecular flexibility index (Phi) is 11.3. The number of halogens is 1. The van der Waals surface area contributed by atoms with Gasteiger partial charge < -0.3 is 0 Å². The molecule has 0 amide bonds. The van der Waals surface area contributed by atoms with E-state index in [1.54, 1.807) is 18.2 Å². The Labute approximate surface area is 166 Å². The van der Waals surface area contributed by atoms with Crippen molar-refractivity contribution in [1.29, 1.82) is 0 Å². The van der Waals surface area contributed by atoms with Gasteiger partial charge in [-0.15, -0.1) is 0 Å². The zero-order chi connectivity index (χ0) is 19.4. The van der Waals surface area contributed by atoms with E-state index in [1.807, 2.05) is 0 Å². The lowest BCUT2D eigenvalue weighted by Gasteiger charge is -2.08. The number of Topliss-reactive ketones (excluding diaryl/α,β-unsaturated/α-hetero) is 3. The van der Waals surface area contributed by atoms with E-state index in [0.29, 0.717) is 29.5 Å². The van der Waals surface area contributed by atoms with Crippen molar-refractivity contribution >= 4 is 33.3 Å². The summed E-state index contributed by atoms with van der Waals surface area (Å²) in [7, 11) is 0. The van der Waals surface area contributed by atoms with Crippen LogP contribution in [-0.2, 0) is 0 Å². The van der Waals surface area contributed by atoms with Crippen molar-refractivity contribution in [3.63, 3.8) is 0 Å². The van der Waals surface area contributed by atoms with Gasteiger partial charge in [0.25, 0.3) is 0 Å². The maximum atomic E-state index is 12.5. The van der Waals surface area contributed by atoms with Gasteiger partial charge in [0.05, 0.1) is 5.33 Å². The third kappa shape index (κ3) is 7.94. The van der Waals surface area contributed by atoms with Crippen LogP contribution in [0.2, 0.25) is 0 Å². The van der Waals surface area contributed by atoms with E-state index in [2.05, 4.69) is 29.8 Å².